The summed E-state index contributed by atoms with van der Waals surface area (Å²) in [6.07, 6.45) is -2.39. The van der Waals surface area contributed by atoms with Gasteiger partial charge >= 0.3 is 5.97 Å². The second-order valence-corrected chi connectivity index (χ2v) is 3.84. The van der Waals surface area contributed by atoms with E-state index in [1.807, 2.05) is 0 Å². The van der Waals surface area contributed by atoms with Crippen molar-refractivity contribution in [3.05, 3.63) is 27.7 Å². The Balaban J connectivity index is 3.02. The van der Waals surface area contributed by atoms with Crippen LogP contribution in [0.25, 0.3) is 0 Å². The molecule has 0 atom stereocenters. The van der Waals surface area contributed by atoms with Crippen molar-refractivity contribution in [2.75, 3.05) is 6.61 Å². The monoisotopic (exact) mass is 311 g/mol. The molecule has 0 radical (unpaired) electrons. The first-order valence-corrected chi connectivity index (χ1v) is 5.53. The van der Waals surface area contributed by atoms with E-state index in [0.29, 0.717) is 0 Å². The Bertz CT molecular complexity index is 426. The molecular weight excluding hydrogens is 303 g/mol. The molecule has 1 aromatic rings. The second kappa shape index (κ2) is 6.00. The van der Waals surface area contributed by atoms with Crippen molar-refractivity contribution < 1.29 is 22.7 Å². The van der Waals surface area contributed by atoms with Crippen LogP contribution < -0.4 is 0 Å². The number of ether oxygens (including phenoxy) is 1. The van der Waals surface area contributed by atoms with Gasteiger partial charge in [-0.05, 0) is 22.9 Å². The van der Waals surface area contributed by atoms with Crippen LogP contribution in [-0.2, 0) is 16.0 Å². The largest absolute Gasteiger partial charge is 0.466 e. The van der Waals surface area contributed by atoms with E-state index in [1.165, 1.54) is 0 Å². The molecule has 0 aliphatic carbocycles. The Kier molecular flexibility index (Phi) is 4.92. The lowest BCUT2D eigenvalue weighted by atomic mass is 10.1. The topological polar surface area (TPSA) is 39.2 Å². The number of alkyl halides is 2. The lowest BCUT2D eigenvalue weighted by Gasteiger charge is -2.08. The third-order valence-corrected chi connectivity index (χ3v) is 2.56. The van der Waals surface area contributed by atoms with Gasteiger partial charge in [0.1, 0.15) is 10.4 Å². The zero-order valence-corrected chi connectivity index (χ0v) is 10.4. The number of hydrogen-bond acceptors (Lipinski definition) is 3. The molecule has 0 N–H and O–H groups in total. The molecule has 0 aliphatic rings. The summed E-state index contributed by atoms with van der Waals surface area (Å²) in [6, 6.07) is 0. The Hall–Kier alpha value is -1.11. The zero-order valence-electron chi connectivity index (χ0n) is 8.84. The molecule has 1 rings (SSSR count). The molecule has 0 aliphatic heterocycles. The van der Waals surface area contributed by atoms with Gasteiger partial charge in [0.2, 0.25) is 0 Å². The summed E-state index contributed by atoms with van der Waals surface area (Å²) in [6.45, 7) is 1.74. The van der Waals surface area contributed by atoms with Crippen molar-refractivity contribution in [2.45, 2.75) is 19.8 Å². The fourth-order valence-electron chi connectivity index (χ4n) is 1.20. The van der Waals surface area contributed by atoms with Crippen molar-refractivity contribution in [3.8, 4) is 0 Å². The number of rotatable bonds is 4. The first-order chi connectivity index (χ1) is 7.97. The first kappa shape index (κ1) is 14.0. The highest BCUT2D eigenvalue weighted by Gasteiger charge is 2.22. The molecule has 1 heterocycles. The van der Waals surface area contributed by atoms with Gasteiger partial charge in [0.15, 0.2) is 0 Å². The summed E-state index contributed by atoms with van der Waals surface area (Å²) in [4.78, 5) is 14.7. The highest BCUT2D eigenvalue weighted by atomic mass is 79.9. The molecule has 3 nitrogen and oxygen atoms in total. The van der Waals surface area contributed by atoms with Gasteiger partial charge in [0, 0.05) is 11.8 Å². The van der Waals surface area contributed by atoms with Crippen LogP contribution in [-0.4, -0.2) is 17.6 Å². The molecular formula is C10H9BrF3NO2. The van der Waals surface area contributed by atoms with Crippen molar-refractivity contribution in [1.29, 1.82) is 0 Å². The van der Waals surface area contributed by atoms with E-state index in [2.05, 4.69) is 25.7 Å². The van der Waals surface area contributed by atoms with E-state index in [0.717, 1.165) is 6.20 Å². The lowest BCUT2D eigenvalue weighted by molar-refractivity contribution is -0.142. The number of pyridine rings is 1. The summed E-state index contributed by atoms with van der Waals surface area (Å²) in [7, 11) is 0. The van der Waals surface area contributed by atoms with E-state index in [-0.39, 0.29) is 16.8 Å². The number of aromatic nitrogens is 1. The highest BCUT2D eigenvalue weighted by Crippen LogP contribution is 2.30. The number of esters is 1. The first-order valence-electron chi connectivity index (χ1n) is 4.73. The van der Waals surface area contributed by atoms with E-state index in [4.69, 9.17) is 0 Å². The Labute approximate surface area is 104 Å². The average molecular weight is 312 g/mol. The molecule has 0 amide bonds. The molecule has 0 fully saturated rings. The minimum atomic E-state index is -3.00. The minimum absolute atomic E-state index is 0.145. The van der Waals surface area contributed by atoms with Crippen molar-refractivity contribution in [2.24, 2.45) is 0 Å². The second-order valence-electron chi connectivity index (χ2n) is 3.08. The number of hydrogen-bond donors (Lipinski definition) is 0. The standard InChI is InChI=1S/C10H9BrF3NO2/c1-2-17-6(16)3-5-4-15-9(11)7(8(5)12)10(13)14/h4,10H,2-3H2,1H3. The van der Waals surface area contributed by atoms with Gasteiger partial charge < -0.3 is 4.74 Å². The molecule has 17 heavy (non-hydrogen) atoms. The molecule has 0 saturated carbocycles. The van der Waals surface area contributed by atoms with Crippen LogP contribution in [0.4, 0.5) is 13.2 Å². The van der Waals surface area contributed by atoms with Crippen LogP contribution in [0.1, 0.15) is 24.5 Å². The van der Waals surface area contributed by atoms with Crippen LogP contribution >= 0.6 is 15.9 Å². The Morgan fingerprint density at radius 3 is 2.76 bits per heavy atom. The fraction of sp³-hybridized carbons (Fsp3) is 0.400. The van der Waals surface area contributed by atoms with E-state index < -0.39 is 30.2 Å². The molecule has 0 aromatic carbocycles. The maximum atomic E-state index is 13.6. The maximum Gasteiger partial charge on any atom is 0.310 e. The smallest absolute Gasteiger partial charge is 0.310 e. The average Bonchev–Trinajstić information content (AvgIpc) is 2.22. The molecule has 7 heteroatoms. The molecule has 0 unspecified atom stereocenters. The molecule has 0 bridgehead atoms. The summed E-state index contributed by atoms with van der Waals surface area (Å²) in [5.74, 6) is -1.81. The lowest BCUT2D eigenvalue weighted by Crippen LogP contribution is -2.11. The molecule has 0 saturated heterocycles. The number of carbonyl (C=O) groups is 1. The van der Waals surface area contributed by atoms with Crippen LogP contribution in [0.15, 0.2) is 10.8 Å². The van der Waals surface area contributed by atoms with Crippen molar-refractivity contribution in [1.82, 2.24) is 4.98 Å². The quantitative estimate of drug-likeness (QED) is 0.634. The fourth-order valence-corrected chi connectivity index (χ4v) is 1.65. The van der Waals surface area contributed by atoms with E-state index >= 15 is 0 Å². The van der Waals surface area contributed by atoms with Gasteiger partial charge in [-0.15, -0.1) is 0 Å². The van der Waals surface area contributed by atoms with E-state index in [1.54, 1.807) is 6.92 Å². The summed E-state index contributed by atoms with van der Waals surface area (Å²) in [5, 5.41) is 0. The third kappa shape index (κ3) is 3.42. The summed E-state index contributed by atoms with van der Waals surface area (Å²) < 4.78 is 43.0. The Morgan fingerprint density at radius 2 is 2.24 bits per heavy atom. The van der Waals surface area contributed by atoms with Gasteiger partial charge in [-0.25, -0.2) is 18.2 Å². The van der Waals surface area contributed by atoms with Crippen LogP contribution in [0.2, 0.25) is 0 Å². The summed E-state index contributed by atoms with van der Waals surface area (Å²) in [5.41, 5.74) is -1.05. The van der Waals surface area contributed by atoms with Gasteiger partial charge in [0.25, 0.3) is 6.43 Å². The number of halogens is 4. The normalized spacial score (nSPS) is 10.7. The van der Waals surface area contributed by atoms with Crippen molar-refractivity contribution >= 4 is 21.9 Å². The minimum Gasteiger partial charge on any atom is -0.466 e. The highest BCUT2D eigenvalue weighted by molar-refractivity contribution is 9.10. The van der Waals surface area contributed by atoms with Gasteiger partial charge in [-0.2, -0.15) is 0 Å². The van der Waals surface area contributed by atoms with Gasteiger partial charge in [-0.1, -0.05) is 0 Å². The number of nitrogens with zero attached hydrogens (tertiary/aromatic N) is 1. The van der Waals surface area contributed by atoms with Crippen LogP contribution in [0, 0.1) is 5.82 Å². The van der Waals surface area contributed by atoms with Crippen LogP contribution in [0.3, 0.4) is 0 Å². The molecule has 0 spiro atoms. The third-order valence-electron chi connectivity index (χ3n) is 1.93. The molecule has 94 valence electrons. The van der Waals surface area contributed by atoms with E-state index in [9.17, 15) is 18.0 Å². The number of carbonyl (C=O) groups excluding carboxylic acids is 1. The van der Waals surface area contributed by atoms with Crippen molar-refractivity contribution in [3.63, 3.8) is 0 Å². The zero-order chi connectivity index (χ0) is 13.0. The van der Waals surface area contributed by atoms with Crippen LogP contribution in [0.5, 0.6) is 0 Å². The summed E-state index contributed by atoms with van der Waals surface area (Å²) >= 11 is 2.73. The molecule has 1 aromatic heterocycles. The predicted octanol–water partition coefficient (Wildman–Crippen LogP) is 3.03. The SMILES string of the molecule is CCOC(=O)Cc1cnc(Br)c(C(F)F)c1F. The van der Waals surface area contributed by atoms with Gasteiger partial charge in [-0.3, -0.25) is 4.79 Å². The predicted molar refractivity (Wildman–Crippen MR) is 57.2 cm³/mol. The Morgan fingerprint density at radius 1 is 1.59 bits per heavy atom. The van der Waals surface area contributed by atoms with Gasteiger partial charge in [0.05, 0.1) is 18.6 Å². The maximum absolute atomic E-state index is 13.6.